The topological polar surface area (TPSA) is 106 Å². The minimum absolute atomic E-state index is 0. The fraction of sp³-hybridized carbons (Fsp3) is 0.500. The van der Waals surface area contributed by atoms with Gasteiger partial charge in [-0.1, -0.05) is 0 Å². The molecule has 0 spiro atoms. The summed E-state index contributed by atoms with van der Waals surface area (Å²) >= 11 is 0. The summed E-state index contributed by atoms with van der Waals surface area (Å²) in [5.41, 5.74) is 4.73. The monoisotopic (exact) mass is 154 g/mol. The summed E-state index contributed by atoms with van der Waals surface area (Å²) in [6, 6.07) is -1.46. The van der Waals surface area contributed by atoms with Crippen LogP contribution in [0.5, 0.6) is 0 Å². The maximum absolute atomic E-state index is 9.71. The van der Waals surface area contributed by atoms with Crippen molar-refractivity contribution in [2.75, 3.05) is 0 Å². The maximum Gasteiger partial charge on any atom is 1.00 e. The van der Waals surface area contributed by atoms with Gasteiger partial charge in [0.15, 0.2) is 0 Å². The maximum atomic E-state index is 9.71. The van der Waals surface area contributed by atoms with Crippen LogP contribution in [0.15, 0.2) is 0 Å². The summed E-state index contributed by atoms with van der Waals surface area (Å²) in [7, 11) is 0. The number of carbonyl (C=O) groups excluding carboxylic acids is 2. The normalized spacial score (nSPS) is 11.3. The molecule has 0 aliphatic rings. The first-order valence-electron chi connectivity index (χ1n) is 2.20. The number of hydrogen-bond acceptors (Lipinski definition) is 5. The summed E-state index contributed by atoms with van der Waals surface area (Å²) in [5, 5.41) is 19.3. The standard InChI is InChI=1S/C4H7NO4.Na/c5-2(4(8)9)1-3(6)7;/h2H,1,5H2,(H,6,7)(H,8,9);/q;+1/p-2/t2-;/m0./s1. The summed E-state index contributed by atoms with van der Waals surface area (Å²) in [4.78, 5) is 19.3. The van der Waals surface area contributed by atoms with Crippen molar-refractivity contribution < 1.29 is 49.4 Å². The third-order valence-electron chi connectivity index (χ3n) is 0.689. The summed E-state index contributed by atoms with van der Waals surface area (Å²) in [6.45, 7) is 0. The van der Waals surface area contributed by atoms with Gasteiger partial charge in [-0.25, -0.2) is 0 Å². The van der Waals surface area contributed by atoms with Gasteiger partial charge < -0.3 is 25.5 Å². The van der Waals surface area contributed by atoms with E-state index in [9.17, 15) is 19.8 Å². The van der Waals surface area contributed by atoms with Crippen LogP contribution in [-0.4, -0.2) is 18.0 Å². The molecule has 0 aliphatic carbocycles. The largest absolute Gasteiger partial charge is 1.00 e. The number of carboxylic acid groups (broad SMARTS) is 2. The Morgan fingerprint density at radius 2 is 1.80 bits per heavy atom. The molecule has 0 saturated carbocycles. The van der Waals surface area contributed by atoms with Crippen molar-refractivity contribution in [3.05, 3.63) is 0 Å². The van der Waals surface area contributed by atoms with Gasteiger partial charge in [-0.05, 0) is 0 Å². The molecule has 1 atom stereocenters. The summed E-state index contributed by atoms with van der Waals surface area (Å²) < 4.78 is 0. The van der Waals surface area contributed by atoms with E-state index in [1.165, 1.54) is 0 Å². The second-order valence-corrected chi connectivity index (χ2v) is 1.50. The second-order valence-electron chi connectivity index (χ2n) is 1.50. The number of hydrogen-bond donors (Lipinski definition) is 1. The van der Waals surface area contributed by atoms with E-state index in [4.69, 9.17) is 5.73 Å². The van der Waals surface area contributed by atoms with Crippen molar-refractivity contribution in [1.29, 1.82) is 0 Å². The van der Waals surface area contributed by atoms with Crippen molar-refractivity contribution in [2.45, 2.75) is 12.5 Å². The number of nitrogens with two attached hydrogens (primary N) is 1. The molecule has 0 bridgehead atoms. The zero-order valence-corrected chi connectivity index (χ0v) is 7.49. The first-order valence-corrected chi connectivity index (χ1v) is 2.20. The predicted octanol–water partition coefficient (Wildman–Crippen LogP) is -6.79. The Labute approximate surface area is 79.5 Å². The van der Waals surface area contributed by atoms with E-state index in [1.54, 1.807) is 0 Å². The van der Waals surface area contributed by atoms with Gasteiger partial charge in [0.05, 0.1) is 5.97 Å². The smallest absolute Gasteiger partial charge is 0.550 e. The van der Waals surface area contributed by atoms with Gasteiger partial charge in [-0.3, -0.25) is 0 Å². The van der Waals surface area contributed by atoms with Gasteiger partial charge in [0, 0.05) is 18.4 Å². The molecule has 52 valence electrons. The van der Waals surface area contributed by atoms with Crippen LogP contribution in [0, 0.1) is 0 Å². The second kappa shape index (κ2) is 5.67. The first kappa shape index (κ1) is 12.6. The Bertz CT molecular complexity index is 137. The first-order chi connectivity index (χ1) is 4.04. The molecular formula is C4H5NNaO4-. The van der Waals surface area contributed by atoms with E-state index in [0.29, 0.717) is 0 Å². The van der Waals surface area contributed by atoms with Gasteiger partial charge in [-0.2, -0.15) is 0 Å². The fourth-order valence-corrected chi connectivity index (χ4v) is 0.263. The zero-order valence-electron chi connectivity index (χ0n) is 5.49. The molecule has 0 aromatic rings. The minimum Gasteiger partial charge on any atom is -0.550 e. The van der Waals surface area contributed by atoms with Crippen LogP contribution in [-0.2, 0) is 9.59 Å². The molecule has 0 saturated heterocycles. The molecule has 5 nitrogen and oxygen atoms in total. The molecule has 0 rings (SSSR count). The van der Waals surface area contributed by atoms with Crippen LogP contribution in [0.3, 0.4) is 0 Å². The molecule has 0 amide bonds. The quantitative estimate of drug-likeness (QED) is 0.406. The third-order valence-corrected chi connectivity index (χ3v) is 0.689. The zero-order chi connectivity index (χ0) is 7.44. The van der Waals surface area contributed by atoms with E-state index in [2.05, 4.69) is 0 Å². The van der Waals surface area contributed by atoms with Crippen LogP contribution in [0.25, 0.3) is 0 Å². The van der Waals surface area contributed by atoms with Crippen LogP contribution in [0.4, 0.5) is 0 Å². The van der Waals surface area contributed by atoms with Gasteiger partial charge >= 0.3 is 29.6 Å². The molecular weight excluding hydrogens is 149 g/mol. The molecule has 0 aliphatic heterocycles. The van der Waals surface area contributed by atoms with Crippen LogP contribution < -0.4 is 45.5 Å². The van der Waals surface area contributed by atoms with Gasteiger partial charge in [-0.15, -0.1) is 0 Å². The third kappa shape index (κ3) is 6.03. The number of aliphatic carboxylic acids is 2. The van der Waals surface area contributed by atoms with E-state index >= 15 is 0 Å². The van der Waals surface area contributed by atoms with E-state index in [-0.39, 0.29) is 29.6 Å². The molecule has 2 N–H and O–H groups in total. The van der Waals surface area contributed by atoms with E-state index in [0.717, 1.165) is 0 Å². The Balaban J connectivity index is 0. The average molecular weight is 154 g/mol. The van der Waals surface area contributed by atoms with E-state index in [1.807, 2.05) is 0 Å². The van der Waals surface area contributed by atoms with Crippen LogP contribution in [0.2, 0.25) is 0 Å². The van der Waals surface area contributed by atoms with Gasteiger partial charge in [0.2, 0.25) is 0 Å². The Hall–Kier alpha value is -0.100. The van der Waals surface area contributed by atoms with Crippen LogP contribution in [0.1, 0.15) is 6.42 Å². The molecule has 0 unspecified atom stereocenters. The van der Waals surface area contributed by atoms with Crippen molar-refractivity contribution >= 4 is 11.9 Å². The van der Waals surface area contributed by atoms with Crippen molar-refractivity contribution in [3.8, 4) is 0 Å². The minimum atomic E-state index is -1.58. The Morgan fingerprint density at radius 1 is 1.40 bits per heavy atom. The molecule has 0 aromatic heterocycles. The van der Waals surface area contributed by atoms with Gasteiger partial charge in [0.25, 0.3) is 0 Å². The molecule has 10 heavy (non-hydrogen) atoms. The Morgan fingerprint density at radius 3 is 1.90 bits per heavy atom. The predicted molar refractivity (Wildman–Crippen MR) is 22.6 cm³/mol. The molecule has 0 fully saturated rings. The molecule has 0 heterocycles. The van der Waals surface area contributed by atoms with Crippen LogP contribution >= 0.6 is 0 Å². The molecule has 6 heteroatoms. The fourth-order valence-electron chi connectivity index (χ4n) is 0.263. The average Bonchev–Trinajstić information content (AvgIpc) is 1.63. The SMILES string of the molecule is N[C@@H](CC(=O)[O-])C(=O)[O-].[Na+]. The summed E-state index contributed by atoms with van der Waals surface area (Å²) in [5.74, 6) is -3.08. The molecule has 0 aromatic carbocycles. The van der Waals surface area contributed by atoms with E-state index < -0.39 is 24.4 Å². The van der Waals surface area contributed by atoms with Crippen molar-refractivity contribution in [2.24, 2.45) is 5.73 Å². The number of carbonyl (C=O) groups is 2. The van der Waals surface area contributed by atoms with Crippen molar-refractivity contribution in [3.63, 3.8) is 0 Å². The van der Waals surface area contributed by atoms with Crippen molar-refractivity contribution in [1.82, 2.24) is 0 Å². The molecule has 0 radical (unpaired) electrons. The van der Waals surface area contributed by atoms with Gasteiger partial charge in [0.1, 0.15) is 0 Å². The summed E-state index contributed by atoms with van der Waals surface area (Å²) in [6.07, 6.45) is -0.706. The number of carboxylic acids is 2. The Kier molecular flexibility index (Phi) is 7.12. The number of rotatable bonds is 3.